The van der Waals surface area contributed by atoms with Crippen molar-refractivity contribution in [2.75, 3.05) is 6.61 Å². The van der Waals surface area contributed by atoms with Crippen molar-refractivity contribution in [1.82, 2.24) is 14.5 Å². The van der Waals surface area contributed by atoms with Crippen LogP contribution in [0.1, 0.15) is 37.0 Å². The number of hydrogen-bond acceptors (Lipinski definition) is 4. The van der Waals surface area contributed by atoms with E-state index in [0.717, 1.165) is 11.1 Å². The highest BCUT2D eigenvalue weighted by atomic mass is 32.2. The maximum absolute atomic E-state index is 12.8. The lowest BCUT2D eigenvalue weighted by Crippen LogP contribution is -2.40. The molecule has 0 radical (unpaired) electrons. The Hall–Kier alpha value is -1.70. The number of benzene rings is 1. The van der Waals surface area contributed by atoms with Crippen LogP contribution in [0.15, 0.2) is 41.6 Å². The van der Waals surface area contributed by atoms with Gasteiger partial charge in [0.1, 0.15) is 0 Å². The third kappa shape index (κ3) is 3.68. The minimum Gasteiger partial charge on any atom is -0.373 e. The van der Waals surface area contributed by atoms with Gasteiger partial charge in [0.2, 0.25) is 10.0 Å². The first-order valence-electron chi connectivity index (χ1n) is 8.20. The number of aromatic nitrogens is 2. The van der Waals surface area contributed by atoms with Crippen LogP contribution in [-0.2, 0) is 28.2 Å². The van der Waals surface area contributed by atoms with Crippen LogP contribution >= 0.6 is 0 Å². The van der Waals surface area contributed by atoms with Crippen LogP contribution in [0.25, 0.3) is 0 Å². The predicted octanol–water partition coefficient (Wildman–Crippen LogP) is 2.18. The standard InChI is InChI=1S/C17H23N3O3S/c1-3-13-6-4-5-7-17(13)24(21,22)19-15-8-9-23-16(10-15)14-11-18-20(2)12-14/h4-7,11-12,15-16,19H,3,8-10H2,1-2H3/t15-,16+/m1/s1. The van der Waals surface area contributed by atoms with Crippen molar-refractivity contribution in [2.24, 2.45) is 7.05 Å². The van der Waals surface area contributed by atoms with Gasteiger partial charge in [-0.3, -0.25) is 4.68 Å². The third-order valence-corrected chi connectivity index (χ3v) is 5.97. The van der Waals surface area contributed by atoms with Crippen LogP contribution < -0.4 is 4.72 Å². The lowest BCUT2D eigenvalue weighted by atomic mass is 10.0. The molecule has 1 aromatic heterocycles. The van der Waals surface area contributed by atoms with Crippen LogP contribution in [-0.4, -0.2) is 30.8 Å². The normalized spacial score (nSPS) is 21.8. The van der Waals surface area contributed by atoms with E-state index in [9.17, 15) is 8.42 Å². The third-order valence-electron chi connectivity index (χ3n) is 4.35. The van der Waals surface area contributed by atoms with E-state index in [1.807, 2.05) is 32.3 Å². The van der Waals surface area contributed by atoms with Gasteiger partial charge < -0.3 is 4.74 Å². The van der Waals surface area contributed by atoms with Gasteiger partial charge in [0.05, 0.1) is 17.2 Å². The SMILES string of the molecule is CCc1ccccc1S(=O)(=O)N[C@@H]1CCO[C@H](c2cnn(C)c2)C1. The molecule has 3 rings (SSSR count). The summed E-state index contributed by atoms with van der Waals surface area (Å²) in [7, 11) is -1.67. The molecule has 0 unspecified atom stereocenters. The predicted molar refractivity (Wildman–Crippen MR) is 91.1 cm³/mol. The second-order valence-electron chi connectivity index (χ2n) is 6.11. The molecule has 1 aromatic carbocycles. The van der Waals surface area contributed by atoms with Crippen LogP contribution in [0.3, 0.4) is 0 Å². The Kier molecular flexibility index (Phi) is 5.03. The first-order chi connectivity index (χ1) is 11.5. The number of hydrogen-bond donors (Lipinski definition) is 1. The Morgan fingerprint density at radius 1 is 1.38 bits per heavy atom. The molecule has 1 fully saturated rings. The Balaban J connectivity index is 1.75. The molecule has 2 heterocycles. The Bertz CT molecular complexity index is 801. The molecule has 1 aliphatic heterocycles. The molecule has 6 nitrogen and oxygen atoms in total. The van der Waals surface area contributed by atoms with Crippen LogP contribution in [0.4, 0.5) is 0 Å². The van der Waals surface area contributed by atoms with E-state index >= 15 is 0 Å². The average Bonchev–Trinajstić information content (AvgIpc) is 3.01. The monoisotopic (exact) mass is 349 g/mol. The minimum atomic E-state index is -3.53. The van der Waals surface area contributed by atoms with E-state index in [0.29, 0.717) is 30.8 Å². The van der Waals surface area contributed by atoms with E-state index in [2.05, 4.69) is 9.82 Å². The van der Waals surface area contributed by atoms with Gasteiger partial charge in [0.15, 0.2) is 0 Å². The number of nitrogens with zero attached hydrogens (tertiary/aromatic N) is 2. The molecule has 24 heavy (non-hydrogen) atoms. The van der Waals surface area contributed by atoms with Crippen LogP contribution in [0.5, 0.6) is 0 Å². The molecule has 0 bridgehead atoms. The maximum atomic E-state index is 12.8. The molecule has 130 valence electrons. The highest BCUT2D eigenvalue weighted by molar-refractivity contribution is 7.89. The number of sulfonamides is 1. The van der Waals surface area contributed by atoms with Gasteiger partial charge in [-0.1, -0.05) is 25.1 Å². The molecule has 1 saturated heterocycles. The fourth-order valence-corrected chi connectivity index (χ4v) is 4.68. The van der Waals surface area contributed by atoms with E-state index in [1.165, 1.54) is 0 Å². The minimum absolute atomic E-state index is 0.124. The first kappa shape index (κ1) is 17.1. The van der Waals surface area contributed by atoms with E-state index in [-0.39, 0.29) is 12.1 Å². The first-order valence-corrected chi connectivity index (χ1v) is 9.68. The molecular weight excluding hydrogens is 326 g/mol. The zero-order valence-corrected chi connectivity index (χ0v) is 14.8. The Morgan fingerprint density at radius 2 is 2.17 bits per heavy atom. The van der Waals surface area contributed by atoms with Crippen molar-refractivity contribution in [2.45, 2.75) is 43.2 Å². The van der Waals surface area contributed by atoms with Gasteiger partial charge >= 0.3 is 0 Å². The summed E-state index contributed by atoms with van der Waals surface area (Å²) in [5, 5.41) is 4.16. The van der Waals surface area contributed by atoms with Gasteiger partial charge in [-0.15, -0.1) is 0 Å². The lowest BCUT2D eigenvalue weighted by molar-refractivity contribution is 0.00400. The molecule has 2 atom stereocenters. The van der Waals surface area contributed by atoms with E-state index in [1.54, 1.807) is 23.0 Å². The molecule has 0 spiro atoms. The molecule has 0 amide bonds. The summed E-state index contributed by atoms with van der Waals surface area (Å²) in [6, 6.07) is 7.01. The van der Waals surface area contributed by atoms with E-state index < -0.39 is 10.0 Å². The molecule has 1 N–H and O–H groups in total. The fourth-order valence-electron chi connectivity index (χ4n) is 3.08. The second kappa shape index (κ2) is 7.04. The lowest BCUT2D eigenvalue weighted by Gasteiger charge is -2.29. The summed E-state index contributed by atoms with van der Waals surface area (Å²) in [4.78, 5) is 0.372. The van der Waals surface area contributed by atoms with Crippen molar-refractivity contribution >= 4 is 10.0 Å². The molecule has 1 aliphatic rings. The van der Waals surface area contributed by atoms with Crippen molar-refractivity contribution in [3.8, 4) is 0 Å². The maximum Gasteiger partial charge on any atom is 0.241 e. The summed E-state index contributed by atoms with van der Waals surface area (Å²) < 4.78 is 35.9. The number of aryl methyl sites for hydroxylation is 2. The molecule has 7 heteroatoms. The number of rotatable bonds is 5. The fraction of sp³-hybridized carbons (Fsp3) is 0.471. The largest absolute Gasteiger partial charge is 0.373 e. The smallest absolute Gasteiger partial charge is 0.241 e. The molecule has 0 aliphatic carbocycles. The Morgan fingerprint density at radius 3 is 2.88 bits per heavy atom. The zero-order chi connectivity index (χ0) is 17.2. The Labute approximate surface area is 142 Å². The average molecular weight is 349 g/mol. The van der Waals surface area contributed by atoms with Crippen LogP contribution in [0, 0.1) is 0 Å². The zero-order valence-electron chi connectivity index (χ0n) is 14.0. The highest BCUT2D eigenvalue weighted by Gasteiger charge is 2.29. The molecular formula is C17H23N3O3S. The number of ether oxygens (including phenoxy) is 1. The van der Waals surface area contributed by atoms with Crippen molar-refractivity contribution < 1.29 is 13.2 Å². The van der Waals surface area contributed by atoms with Gasteiger partial charge in [-0.05, 0) is 30.9 Å². The summed E-state index contributed by atoms with van der Waals surface area (Å²) in [6.45, 7) is 2.49. The van der Waals surface area contributed by atoms with Crippen LogP contribution in [0.2, 0.25) is 0 Å². The highest BCUT2D eigenvalue weighted by Crippen LogP contribution is 2.29. The van der Waals surface area contributed by atoms with Crippen molar-refractivity contribution in [3.05, 3.63) is 47.8 Å². The van der Waals surface area contributed by atoms with Gasteiger partial charge in [0, 0.05) is 31.5 Å². The number of nitrogens with one attached hydrogen (secondary N) is 1. The van der Waals surface area contributed by atoms with Gasteiger partial charge in [0.25, 0.3) is 0 Å². The molecule has 2 aromatic rings. The molecule has 0 saturated carbocycles. The van der Waals surface area contributed by atoms with Crippen molar-refractivity contribution in [1.29, 1.82) is 0 Å². The van der Waals surface area contributed by atoms with E-state index in [4.69, 9.17) is 4.74 Å². The van der Waals surface area contributed by atoms with Gasteiger partial charge in [-0.25, -0.2) is 13.1 Å². The second-order valence-corrected chi connectivity index (χ2v) is 7.79. The summed E-state index contributed by atoms with van der Waals surface area (Å²) in [5.74, 6) is 0. The summed E-state index contributed by atoms with van der Waals surface area (Å²) in [5.41, 5.74) is 1.82. The summed E-state index contributed by atoms with van der Waals surface area (Å²) >= 11 is 0. The quantitative estimate of drug-likeness (QED) is 0.898. The topological polar surface area (TPSA) is 73.2 Å². The summed E-state index contributed by atoms with van der Waals surface area (Å²) in [6.07, 6.45) is 5.52. The van der Waals surface area contributed by atoms with Crippen molar-refractivity contribution in [3.63, 3.8) is 0 Å². The van der Waals surface area contributed by atoms with Gasteiger partial charge in [-0.2, -0.15) is 5.10 Å².